The van der Waals surface area contributed by atoms with Crippen molar-refractivity contribution in [3.05, 3.63) is 35.6 Å². The molecule has 2 fully saturated rings. The minimum Gasteiger partial charge on any atom is -0.356 e. The molecular weight excluding hydrogens is 319 g/mol. The smallest absolute Gasteiger partial charge is 0.254 e. The first-order chi connectivity index (χ1) is 11.1. The van der Waals surface area contributed by atoms with Crippen molar-refractivity contribution in [1.29, 1.82) is 0 Å². The summed E-state index contributed by atoms with van der Waals surface area (Å²) in [4.78, 5) is 28.1. The average Bonchev–Trinajstić information content (AvgIpc) is 2.57. The molecule has 0 saturated carbocycles. The molecule has 124 valence electrons. The maximum Gasteiger partial charge on any atom is 0.254 e. The first-order valence-corrected chi connectivity index (χ1v) is 8.72. The number of carbonyl (C=O) groups excluding carboxylic acids is 2. The van der Waals surface area contributed by atoms with Crippen LogP contribution >= 0.6 is 11.8 Å². The zero-order valence-corrected chi connectivity index (χ0v) is 13.7. The van der Waals surface area contributed by atoms with Crippen LogP contribution in [0.2, 0.25) is 0 Å². The Hall–Kier alpha value is -1.60. The predicted molar refractivity (Wildman–Crippen MR) is 85.6 cm³/mol. The van der Waals surface area contributed by atoms with Gasteiger partial charge in [-0.3, -0.25) is 9.59 Å². The molecule has 0 aliphatic carbocycles. The van der Waals surface area contributed by atoms with Crippen LogP contribution in [0.15, 0.2) is 24.3 Å². The first kappa shape index (κ1) is 16.3. The molecule has 0 N–H and O–H groups in total. The standard InChI is InChI=1S/C16H19FN2O3S/c1-18-13(20)10-22-15(16(21)19-5-7-23-8-6-19)14(18)11-3-2-4-12(17)9-11/h2-4,9,14-15H,5-8,10H2,1H3/t14-,15+/m0/s1. The van der Waals surface area contributed by atoms with Gasteiger partial charge in [0.05, 0.1) is 6.04 Å². The maximum absolute atomic E-state index is 13.6. The first-order valence-electron chi connectivity index (χ1n) is 7.57. The highest BCUT2D eigenvalue weighted by molar-refractivity contribution is 7.99. The number of hydrogen-bond donors (Lipinski definition) is 0. The summed E-state index contributed by atoms with van der Waals surface area (Å²) in [6, 6.07) is 5.40. The summed E-state index contributed by atoms with van der Waals surface area (Å²) < 4.78 is 19.2. The number of benzene rings is 1. The second-order valence-electron chi connectivity index (χ2n) is 5.67. The monoisotopic (exact) mass is 338 g/mol. The van der Waals surface area contributed by atoms with Gasteiger partial charge in [-0.05, 0) is 17.7 Å². The van der Waals surface area contributed by atoms with Crippen LogP contribution < -0.4 is 0 Å². The van der Waals surface area contributed by atoms with E-state index in [1.165, 1.54) is 17.0 Å². The Morgan fingerprint density at radius 2 is 2.09 bits per heavy atom. The van der Waals surface area contributed by atoms with E-state index in [4.69, 9.17) is 4.74 Å². The van der Waals surface area contributed by atoms with Crippen molar-refractivity contribution in [2.75, 3.05) is 38.2 Å². The molecule has 2 aliphatic heterocycles. The lowest BCUT2D eigenvalue weighted by atomic mass is 9.97. The van der Waals surface area contributed by atoms with Crippen LogP contribution in [0, 0.1) is 5.82 Å². The summed E-state index contributed by atoms with van der Waals surface area (Å²) in [5, 5.41) is 0. The highest BCUT2D eigenvalue weighted by Crippen LogP contribution is 2.31. The molecule has 7 heteroatoms. The second-order valence-corrected chi connectivity index (χ2v) is 6.90. The molecule has 0 aromatic heterocycles. The Labute approximate surface area is 138 Å². The van der Waals surface area contributed by atoms with E-state index in [-0.39, 0.29) is 18.4 Å². The largest absolute Gasteiger partial charge is 0.356 e. The van der Waals surface area contributed by atoms with Gasteiger partial charge in [0.1, 0.15) is 12.4 Å². The van der Waals surface area contributed by atoms with Gasteiger partial charge in [-0.2, -0.15) is 11.8 Å². The summed E-state index contributed by atoms with van der Waals surface area (Å²) in [5.74, 6) is 1.07. The molecule has 1 aromatic carbocycles. The number of morpholine rings is 1. The lowest BCUT2D eigenvalue weighted by Crippen LogP contribution is -2.55. The number of carbonyl (C=O) groups is 2. The third-order valence-electron chi connectivity index (χ3n) is 4.24. The van der Waals surface area contributed by atoms with Crippen LogP contribution in [0.25, 0.3) is 0 Å². The molecule has 0 bridgehead atoms. The second kappa shape index (κ2) is 6.88. The molecule has 2 heterocycles. The zero-order valence-electron chi connectivity index (χ0n) is 12.9. The third-order valence-corrected chi connectivity index (χ3v) is 5.18. The number of thioether (sulfide) groups is 1. The Balaban J connectivity index is 1.89. The number of rotatable bonds is 2. The van der Waals surface area contributed by atoms with Crippen LogP contribution in [0.4, 0.5) is 4.39 Å². The van der Waals surface area contributed by atoms with Gasteiger partial charge in [0.2, 0.25) is 5.91 Å². The molecule has 0 spiro atoms. The molecule has 2 amide bonds. The van der Waals surface area contributed by atoms with E-state index >= 15 is 0 Å². The van der Waals surface area contributed by atoms with E-state index in [1.54, 1.807) is 24.1 Å². The fraction of sp³-hybridized carbons (Fsp3) is 0.500. The molecule has 2 saturated heterocycles. The van der Waals surface area contributed by atoms with Crippen LogP contribution in [-0.2, 0) is 14.3 Å². The van der Waals surface area contributed by atoms with Gasteiger partial charge >= 0.3 is 0 Å². The quantitative estimate of drug-likeness (QED) is 0.816. The molecule has 23 heavy (non-hydrogen) atoms. The van der Waals surface area contributed by atoms with Crippen LogP contribution in [0.5, 0.6) is 0 Å². The van der Waals surface area contributed by atoms with Crippen molar-refractivity contribution in [2.45, 2.75) is 12.1 Å². The number of hydrogen-bond acceptors (Lipinski definition) is 4. The van der Waals surface area contributed by atoms with Crippen molar-refractivity contribution >= 4 is 23.6 Å². The molecule has 5 nitrogen and oxygen atoms in total. The molecule has 2 atom stereocenters. The Morgan fingerprint density at radius 3 is 2.78 bits per heavy atom. The van der Waals surface area contributed by atoms with Gasteiger partial charge in [0.25, 0.3) is 5.91 Å². The van der Waals surface area contributed by atoms with Crippen LogP contribution in [0.1, 0.15) is 11.6 Å². The van der Waals surface area contributed by atoms with E-state index in [1.807, 2.05) is 11.8 Å². The third kappa shape index (κ3) is 3.35. The van der Waals surface area contributed by atoms with Gasteiger partial charge < -0.3 is 14.5 Å². The predicted octanol–water partition coefficient (Wildman–Crippen LogP) is 1.30. The van der Waals surface area contributed by atoms with E-state index in [0.717, 1.165) is 11.5 Å². The van der Waals surface area contributed by atoms with E-state index in [0.29, 0.717) is 18.7 Å². The SMILES string of the molecule is CN1C(=O)CO[C@@H](C(=O)N2CCSCC2)[C@@H]1c1cccc(F)c1. The van der Waals surface area contributed by atoms with Crippen LogP contribution in [-0.4, -0.2) is 66.0 Å². The van der Waals surface area contributed by atoms with E-state index < -0.39 is 18.0 Å². The highest BCUT2D eigenvalue weighted by atomic mass is 32.2. The molecule has 0 radical (unpaired) electrons. The number of ether oxygens (including phenoxy) is 1. The van der Waals surface area contributed by atoms with E-state index in [2.05, 4.69) is 0 Å². The van der Waals surface area contributed by atoms with Crippen LogP contribution in [0.3, 0.4) is 0 Å². The number of amides is 2. The topological polar surface area (TPSA) is 49.9 Å². The van der Waals surface area contributed by atoms with Crippen molar-refractivity contribution < 1.29 is 18.7 Å². The van der Waals surface area contributed by atoms with E-state index in [9.17, 15) is 14.0 Å². The molecule has 3 rings (SSSR count). The fourth-order valence-corrected chi connectivity index (χ4v) is 3.87. The van der Waals surface area contributed by atoms with Crippen molar-refractivity contribution in [3.8, 4) is 0 Å². The van der Waals surface area contributed by atoms with Crippen molar-refractivity contribution in [3.63, 3.8) is 0 Å². The average molecular weight is 338 g/mol. The maximum atomic E-state index is 13.6. The minimum atomic E-state index is -0.789. The summed E-state index contributed by atoms with van der Waals surface area (Å²) in [5.41, 5.74) is 0.574. The number of likely N-dealkylation sites (N-methyl/N-ethyl adjacent to an activating group) is 1. The molecule has 2 aliphatic rings. The lowest BCUT2D eigenvalue weighted by molar-refractivity contribution is -0.167. The Morgan fingerprint density at radius 1 is 1.35 bits per heavy atom. The van der Waals surface area contributed by atoms with Gasteiger partial charge in [-0.25, -0.2) is 4.39 Å². The van der Waals surface area contributed by atoms with Gasteiger partial charge in [-0.1, -0.05) is 12.1 Å². The number of halogens is 1. The normalized spacial score (nSPS) is 25.6. The molecule has 0 unspecified atom stereocenters. The number of nitrogens with zero attached hydrogens (tertiary/aromatic N) is 2. The van der Waals surface area contributed by atoms with Gasteiger partial charge in [0, 0.05) is 31.6 Å². The zero-order chi connectivity index (χ0) is 16.4. The Bertz CT molecular complexity index is 607. The highest BCUT2D eigenvalue weighted by Gasteiger charge is 2.42. The Kier molecular flexibility index (Phi) is 4.87. The van der Waals surface area contributed by atoms with Crippen molar-refractivity contribution in [1.82, 2.24) is 9.80 Å². The van der Waals surface area contributed by atoms with Crippen molar-refractivity contribution in [2.24, 2.45) is 0 Å². The lowest BCUT2D eigenvalue weighted by Gasteiger charge is -2.40. The van der Waals surface area contributed by atoms with Gasteiger partial charge in [-0.15, -0.1) is 0 Å². The molecular formula is C16H19FN2O3S. The summed E-state index contributed by atoms with van der Waals surface area (Å²) in [6.45, 7) is 1.23. The van der Waals surface area contributed by atoms with Gasteiger partial charge in [0.15, 0.2) is 6.10 Å². The minimum absolute atomic E-state index is 0.124. The summed E-state index contributed by atoms with van der Waals surface area (Å²) >= 11 is 1.81. The summed E-state index contributed by atoms with van der Waals surface area (Å²) in [6.07, 6.45) is -0.789. The fourth-order valence-electron chi connectivity index (χ4n) is 2.97. The summed E-state index contributed by atoms with van der Waals surface area (Å²) in [7, 11) is 1.63. The molecule has 1 aromatic rings.